The molecule has 0 spiro atoms. The van der Waals surface area contributed by atoms with Crippen molar-refractivity contribution in [1.29, 1.82) is 0 Å². The maximum Gasteiger partial charge on any atom is 0.416 e. The summed E-state index contributed by atoms with van der Waals surface area (Å²) < 4.78 is 76.2. The highest BCUT2D eigenvalue weighted by atomic mass is 32.2. The van der Waals surface area contributed by atoms with E-state index in [4.69, 9.17) is 0 Å². The second-order valence-corrected chi connectivity index (χ2v) is 7.28. The average Bonchev–Trinajstić information content (AvgIpc) is 2.48. The van der Waals surface area contributed by atoms with Crippen LogP contribution in [0.25, 0.3) is 0 Å². The van der Waals surface area contributed by atoms with Crippen molar-refractivity contribution in [2.24, 2.45) is 0 Å². The van der Waals surface area contributed by atoms with Crippen LogP contribution in [0.3, 0.4) is 0 Å². The number of carbonyl (C=O) groups excluding carboxylic acids is 1. The molecule has 134 valence electrons. The number of rotatable bonds is 5. The number of hydrogen-bond acceptors (Lipinski definition) is 3. The maximum atomic E-state index is 13.4. The predicted octanol–water partition coefficient (Wildman–Crippen LogP) is 3.40. The van der Waals surface area contributed by atoms with Gasteiger partial charge in [0.05, 0.1) is 17.0 Å². The highest BCUT2D eigenvalue weighted by Gasteiger charge is 2.34. The Balaban J connectivity index is 2.13. The van der Waals surface area contributed by atoms with Crippen molar-refractivity contribution in [2.75, 3.05) is 11.1 Å². The van der Waals surface area contributed by atoms with Gasteiger partial charge in [-0.1, -0.05) is 30.3 Å². The van der Waals surface area contributed by atoms with Crippen LogP contribution in [0.1, 0.15) is 11.1 Å². The van der Waals surface area contributed by atoms with Crippen molar-refractivity contribution in [3.05, 3.63) is 65.5 Å². The Morgan fingerprint density at radius 3 is 2.24 bits per heavy atom. The van der Waals surface area contributed by atoms with Gasteiger partial charge in [-0.3, -0.25) is 4.79 Å². The summed E-state index contributed by atoms with van der Waals surface area (Å²) in [7, 11) is -4.18. The molecule has 0 saturated carbocycles. The van der Waals surface area contributed by atoms with Crippen molar-refractivity contribution < 1.29 is 30.8 Å². The minimum Gasteiger partial charge on any atom is -0.323 e. The highest BCUT2D eigenvalue weighted by Crippen LogP contribution is 2.32. The van der Waals surface area contributed by atoms with E-state index in [1.165, 1.54) is 24.3 Å². The van der Waals surface area contributed by atoms with Gasteiger partial charge in [-0.15, -0.1) is 0 Å². The number of amides is 1. The van der Waals surface area contributed by atoms with Crippen LogP contribution in [0.4, 0.5) is 23.2 Å². The van der Waals surface area contributed by atoms with E-state index in [0.717, 1.165) is 24.3 Å². The third-order valence-electron chi connectivity index (χ3n) is 3.20. The van der Waals surface area contributed by atoms with E-state index < -0.39 is 50.4 Å². The molecule has 2 aromatic carbocycles. The number of halogens is 4. The first-order valence-corrected chi connectivity index (χ1v) is 8.80. The number of benzene rings is 2. The lowest BCUT2D eigenvalue weighted by molar-refractivity contribution is -0.138. The number of hydrogen-bond donors (Lipinski definition) is 1. The van der Waals surface area contributed by atoms with Gasteiger partial charge in [0.15, 0.2) is 9.84 Å². The lowest BCUT2D eigenvalue weighted by Gasteiger charge is -2.13. The Morgan fingerprint density at radius 2 is 1.60 bits per heavy atom. The third-order valence-corrected chi connectivity index (χ3v) is 4.65. The van der Waals surface area contributed by atoms with Crippen molar-refractivity contribution in [2.45, 2.75) is 11.9 Å². The van der Waals surface area contributed by atoms with Crippen LogP contribution in [-0.4, -0.2) is 20.1 Å². The highest BCUT2D eigenvalue weighted by molar-refractivity contribution is 7.91. The Morgan fingerprint density at radius 1 is 1.00 bits per heavy atom. The molecule has 4 nitrogen and oxygen atoms in total. The molecule has 2 aromatic rings. The van der Waals surface area contributed by atoms with Crippen molar-refractivity contribution in [3.8, 4) is 0 Å². The van der Waals surface area contributed by atoms with Crippen LogP contribution in [0, 0.1) is 5.82 Å². The summed E-state index contributed by atoms with van der Waals surface area (Å²) in [4.78, 5) is 11.8. The minimum absolute atomic E-state index is 0.210. The third kappa shape index (κ3) is 5.28. The van der Waals surface area contributed by atoms with Gasteiger partial charge in [-0.25, -0.2) is 12.8 Å². The Hall–Kier alpha value is -2.42. The molecule has 0 aliphatic heterocycles. The summed E-state index contributed by atoms with van der Waals surface area (Å²) in [6.07, 6.45) is -4.71. The molecule has 1 N–H and O–H groups in total. The Labute approximate surface area is 141 Å². The predicted molar refractivity (Wildman–Crippen MR) is 84.0 cm³/mol. The van der Waals surface area contributed by atoms with Crippen LogP contribution >= 0.6 is 0 Å². The number of carbonyl (C=O) groups is 1. The van der Waals surface area contributed by atoms with E-state index in [9.17, 15) is 30.8 Å². The molecule has 0 unspecified atom stereocenters. The van der Waals surface area contributed by atoms with Crippen molar-refractivity contribution >= 4 is 21.4 Å². The average molecular weight is 375 g/mol. The van der Waals surface area contributed by atoms with E-state index in [0.29, 0.717) is 0 Å². The lowest BCUT2D eigenvalue weighted by atomic mass is 10.1. The molecule has 0 aromatic heterocycles. The van der Waals surface area contributed by atoms with E-state index in [2.05, 4.69) is 5.32 Å². The standard InChI is InChI=1S/C16H13F4NO3S/c17-13-7-3-4-8-14(13)21-15(22)10-25(23,24)9-11-5-1-2-6-12(11)16(18,19)20/h1-8H,9-10H2,(H,21,22). The van der Waals surface area contributed by atoms with Crippen LogP contribution < -0.4 is 5.32 Å². The van der Waals surface area contributed by atoms with Gasteiger partial charge in [0.2, 0.25) is 5.91 Å². The fourth-order valence-electron chi connectivity index (χ4n) is 2.16. The molecule has 0 aliphatic carbocycles. The number of sulfone groups is 1. The first kappa shape index (κ1) is 18.9. The van der Waals surface area contributed by atoms with E-state index in [-0.39, 0.29) is 5.69 Å². The van der Waals surface area contributed by atoms with Crippen molar-refractivity contribution in [1.82, 2.24) is 0 Å². The molecule has 9 heteroatoms. The molecule has 0 atom stereocenters. The van der Waals surface area contributed by atoms with E-state index in [1.807, 2.05) is 0 Å². The van der Waals surface area contributed by atoms with Gasteiger partial charge in [0, 0.05) is 0 Å². The van der Waals surface area contributed by atoms with Crippen LogP contribution in [-0.2, 0) is 26.6 Å². The second kappa shape index (κ2) is 7.22. The quantitative estimate of drug-likeness (QED) is 0.815. The first-order valence-electron chi connectivity index (χ1n) is 6.98. The zero-order valence-electron chi connectivity index (χ0n) is 12.7. The number of anilines is 1. The van der Waals surface area contributed by atoms with Crippen LogP contribution in [0.15, 0.2) is 48.5 Å². The molecule has 25 heavy (non-hydrogen) atoms. The monoisotopic (exact) mass is 375 g/mol. The molecule has 1 amide bonds. The zero-order valence-corrected chi connectivity index (χ0v) is 13.5. The van der Waals surface area contributed by atoms with Gasteiger partial charge >= 0.3 is 6.18 Å². The topological polar surface area (TPSA) is 63.2 Å². The van der Waals surface area contributed by atoms with Crippen LogP contribution in [0.5, 0.6) is 0 Å². The Bertz CT molecular complexity index is 879. The molecule has 0 radical (unpaired) electrons. The van der Waals surface area contributed by atoms with Gasteiger partial charge in [-0.2, -0.15) is 13.2 Å². The van der Waals surface area contributed by atoms with E-state index >= 15 is 0 Å². The number of para-hydroxylation sites is 1. The number of alkyl halides is 3. The molecule has 2 rings (SSSR count). The van der Waals surface area contributed by atoms with Crippen LogP contribution in [0.2, 0.25) is 0 Å². The van der Waals surface area contributed by atoms with Crippen molar-refractivity contribution in [3.63, 3.8) is 0 Å². The van der Waals surface area contributed by atoms with Gasteiger partial charge in [-0.05, 0) is 23.8 Å². The lowest BCUT2D eigenvalue weighted by Crippen LogP contribution is -2.25. The summed E-state index contributed by atoms with van der Waals surface area (Å²) in [5.41, 5.74) is -1.74. The molecular formula is C16H13F4NO3S. The SMILES string of the molecule is O=C(CS(=O)(=O)Cc1ccccc1C(F)(F)F)Nc1ccccc1F. The largest absolute Gasteiger partial charge is 0.416 e. The normalized spacial score (nSPS) is 12.0. The van der Waals surface area contributed by atoms with Gasteiger partial charge in [0.1, 0.15) is 11.6 Å². The summed E-state index contributed by atoms with van der Waals surface area (Å²) in [5, 5.41) is 2.08. The molecule has 0 saturated heterocycles. The first-order chi connectivity index (χ1) is 11.6. The zero-order chi connectivity index (χ0) is 18.7. The summed E-state index contributed by atoms with van der Waals surface area (Å²) >= 11 is 0. The second-order valence-electron chi connectivity index (χ2n) is 5.22. The maximum absolute atomic E-state index is 13.4. The summed E-state index contributed by atoms with van der Waals surface area (Å²) in [6.45, 7) is 0. The summed E-state index contributed by atoms with van der Waals surface area (Å²) in [5.74, 6) is -3.80. The molecule has 0 heterocycles. The summed E-state index contributed by atoms with van der Waals surface area (Å²) in [6, 6.07) is 9.35. The van der Waals surface area contributed by atoms with Gasteiger partial charge in [0.25, 0.3) is 0 Å². The molecule has 0 aliphatic rings. The molecule has 0 bridgehead atoms. The van der Waals surface area contributed by atoms with Gasteiger partial charge < -0.3 is 5.32 Å². The molecular weight excluding hydrogens is 362 g/mol. The Kier molecular flexibility index (Phi) is 5.46. The number of nitrogens with one attached hydrogen (secondary N) is 1. The minimum atomic E-state index is -4.71. The fourth-order valence-corrected chi connectivity index (χ4v) is 3.46. The molecule has 0 fully saturated rings. The smallest absolute Gasteiger partial charge is 0.323 e. The fraction of sp³-hybridized carbons (Fsp3) is 0.188. The van der Waals surface area contributed by atoms with E-state index in [1.54, 1.807) is 0 Å².